The molecular weight excluding hydrogens is 336 g/mol. The lowest BCUT2D eigenvalue weighted by Crippen LogP contribution is -2.50. The van der Waals surface area contributed by atoms with Gasteiger partial charge in [-0.25, -0.2) is 0 Å². The van der Waals surface area contributed by atoms with Crippen LogP contribution in [0.15, 0.2) is 24.3 Å². The van der Waals surface area contributed by atoms with Crippen LogP contribution in [0.3, 0.4) is 0 Å². The number of hydrogen-bond donors (Lipinski definition) is 1. The lowest BCUT2D eigenvalue weighted by molar-refractivity contribution is 0.0972. The van der Waals surface area contributed by atoms with E-state index in [1.807, 2.05) is 0 Å². The van der Waals surface area contributed by atoms with Crippen molar-refractivity contribution in [2.75, 3.05) is 65.5 Å². The minimum absolute atomic E-state index is 0.762. The van der Waals surface area contributed by atoms with Crippen molar-refractivity contribution in [1.82, 2.24) is 20.0 Å². The quantitative estimate of drug-likeness (QED) is 0.792. The van der Waals surface area contributed by atoms with E-state index in [0.29, 0.717) is 0 Å². The van der Waals surface area contributed by atoms with E-state index in [2.05, 4.69) is 44.3 Å². The van der Waals surface area contributed by atoms with Crippen LogP contribution in [-0.4, -0.2) is 86.3 Å². The summed E-state index contributed by atoms with van der Waals surface area (Å²) in [7, 11) is 0. The average molecular weight is 373 g/mol. The Kier molecular flexibility index (Phi) is 7.02. The minimum atomic E-state index is 0.762. The molecule has 5 nitrogen and oxygen atoms in total. The van der Waals surface area contributed by atoms with Crippen LogP contribution in [0, 0.1) is 0 Å². The zero-order valence-electron chi connectivity index (χ0n) is 16.7. The highest BCUT2D eigenvalue weighted by Crippen LogP contribution is 2.21. The van der Waals surface area contributed by atoms with E-state index < -0.39 is 0 Å². The largest absolute Gasteiger partial charge is 0.492 e. The van der Waals surface area contributed by atoms with Crippen molar-refractivity contribution in [2.45, 2.75) is 38.3 Å². The number of para-hydroxylation sites is 1. The summed E-state index contributed by atoms with van der Waals surface area (Å²) in [5.74, 6) is 1.08. The molecule has 150 valence electrons. The fourth-order valence-electron chi connectivity index (χ4n) is 4.72. The van der Waals surface area contributed by atoms with Crippen molar-refractivity contribution in [2.24, 2.45) is 0 Å². The van der Waals surface area contributed by atoms with Gasteiger partial charge < -0.3 is 10.1 Å². The summed E-state index contributed by atoms with van der Waals surface area (Å²) >= 11 is 0. The van der Waals surface area contributed by atoms with Crippen LogP contribution in [0.25, 0.3) is 0 Å². The summed E-state index contributed by atoms with van der Waals surface area (Å²) in [6, 6.07) is 9.39. The Morgan fingerprint density at radius 3 is 2.52 bits per heavy atom. The van der Waals surface area contributed by atoms with Gasteiger partial charge >= 0.3 is 0 Å². The van der Waals surface area contributed by atoms with Crippen molar-refractivity contribution in [3.8, 4) is 5.75 Å². The molecule has 4 rings (SSSR count). The predicted molar refractivity (Wildman–Crippen MR) is 110 cm³/mol. The molecule has 3 aliphatic heterocycles. The Morgan fingerprint density at radius 2 is 1.74 bits per heavy atom. The van der Waals surface area contributed by atoms with Crippen molar-refractivity contribution in [1.29, 1.82) is 0 Å². The summed E-state index contributed by atoms with van der Waals surface area (Å²) < 4.78 is 6.20. The van der Waals surface area contributed by atoms with Crippen molar-refractivity contribution >= 4 is 0 Å². The third-order valence-electron chi connectivity index (χ3n) is 6.44. The third-order valence-corrected chi connectivity index (χ3v) is 6.44. The first kappa shape index (κ1) is 19.2. The fraction of sp³-hybridized carbons (Fsp3) is 0.727. The zero-order chi connectivity index (χ0) is 18.3. The number of ether oxygens (including phenoxy) is 1. The summed E-state index contributed by atoms with van der Waals surface area (Å²) in [4.78, 5) is 7.81. The number of benzene rings is 1. The Labute approximate surface area is 164 Å². The van der Waals surface area contributed by atoms with E-state index in [1.165, 1.54) is 83.6 Å². The molecule has 3 heterocycles. The van der Waals surface area contributed by atoms with Crippen LogP contribution in [0.2, 0.25) is 0 Å². The Morgan fingerprint density at radius 1 is 0.926 bits per heavy atom. The van der Waals surface area contributed by atoms with E-state index >= 15 is 0 Å². The van der Waals surface area contributed by atoms with Crippen molar-refractivity contribution in [3.05, 3.63) is 29.8 Å². The monoisotopic (exact) mass is 372 g/mol. The molecule has 0 aromatic heterocycles. The third kappa shape index (κ3) is 5.44. The first-order chi connectivity index (χ1) is 13.4. The molecule has 1 aromatic rings. The molecule has 3 aliphatic rings. The van der Waals surface area contributed by atoms with Gasteiger partial charge in [-0.1, -0.05) is 24.6 Å². The van der Waals surface area contributed by atoms with E-state index in [0.717, 1.165) is 31.5 Å². The predicted octanol–water partition coefficient (Wildman–Crippen LogP) is 2.03. The first-order valence-corrected chi connectivity index (χ1v) is 11.0. The van der Waals surface area contributed by atoms with Crippen LogP contribution >= 0.6 is 0 Å². The standard InChI is InChI=1S/C22H36N4O/c1-4-10-24(11-5-1)16-17-27-22-7-3-2-6-20(22)19-25-12-14-26(15-13-25)21-8-9-23-18-21/h2-3,6-7,21,23H,1,4-5,8-19H2/t21-/m1/s1. The zero-order valence-corrected chi connectivity index (χ0v) is 16.7. The molecule has 0 radical (unpaired) electrons. The topological polar surface area (TPSA) is 31.0 Å². The number of hydrogen-bond acceptors (Lipinski definition) is 5. The summed E-state index contributed by atoms with van der Waals surface area (Å²) in [5, 5.41) is 3.50. The summed E-state index contributed by atoms with van der Waals surface area (Å²) in [5.41, 5.74) is 1.34. The van der Waals surface area contributed by atoms with Crippen LogP contribution < -0.4 is 10.1 Å². The van der Waals surface area contributed by atoms with Gasteiger partial charge in [0.2, 0.25) is 0 Å². The Hall–Kier alpha value is -1.14. The Balaban J connectivity index is 1.24. The molecule has 0 bridgehead atoms. The molecule has 0 amide bonds. The molecule has 0 spiro atoms. The SMILES string of the molecule is c1ccc(OCCN2CCCCC2)c(CN2CCN([C@@H]3CCNC3)CC2)c1. The average Bonchev–Trinajstić information content (AvgIpc) is 3.26. The van der Waals surface area contributed by atoms with Crippen LogP contribution in [0.1, 0.15) is 31.2 Å². The maximum atomic E-state index is 6.20. The van der Waals surface area contributed by atoms with Crippen molar-refractivity contribution in [3.63, 3.8) is 0 Å². The minimum Gasteiger partial charge on any atom is -0.492 e. The van der Waals surface area contributed by atoms with Gasteiger partial charge in [0.25, 0.3) is 0 Å². The highest BCUT2D eigenvalue weighted by Gasteiger charge is 2.26. The van der Waals surface area contributed by atoms with Gasteiger partial charge in [0, 0.05) is 57.4 Å². The number of nitrogens with zero attached hydrogens (tertiary/aromatic N) is 3. The van der Waals surface area contributed by atoms with Gasteiger partial charge in [0.1, 0.15) is 12.4 Å². The summed E-state index contributed by atoms with van der Waals surface area (Å²) in [6.45, 7) is 12.4. The van der Waals surface area contributed by atoms with Gasteiger partial charge in [0.05, 0.1) is 0 Å². The highest BCUT2D eigenvalue weighted by molar-refractivity contribution is 5.33. The number of piperazine rings is 1. The molecule has 1 atom stereocenters. The number of nitrogens with one attached hydrogen (secondary N) is 1. The molecule has 1 aromatic carbocycles. The van der Waals surface area contributed by atoms with E-state index in [-0.39, 0.29) is 0 Å². The molecule has 5 heteroatoms. The normalized spacial score (nSPS) is 25.7. The smallest absolute Gasteiger partial charge is 0.123 e. The van der Waals surface area contributed by atoms with E-state index in [1.54, 1.807) is 0 Å². The second kappa shape index (κ2) is 9.87. The van der Waals surface area contributed by atoms with Crippen molar-refractivity contribution < 1.29 is 4.74 Å². The summed E-state index contributed by atoms with van der Waals surface area (Å²) in [6.07, 6.45) is 5.40. The van der Waals surface area contributed by atoms with E-state index in [4.69, 9.17) is 4.74 Å². The molecule has 27 heavy (non-hydrogen) atoms. The lowest BCUT2D eigenvalue weighted by atomic mass is 10.1. The molecule has 0 unspecified atom stereocenters. The van der Waals surface area contributed by atoms with Gasteiger partial charge in [-0.2, -0.15) is 0 Å². The molecule has 0 aliphatic carbocycles. The second-order valence-electron chi connectivity index (χ2n) is 8.32. The van der Waals surface area contributed by atoms with Gasteiger partial charge in [-0.3, -0.25) is 14.7 Å². The molecule has 3 fully saturated rings. The lowest BCUT2D eigenvalue weighted by Gasteiger charge is -2.38. The van der Waals surface area contributed by atoms with Crippen LogP contribution in [-0.2, 0) is 6.54 Å². The molecule has 0 saturated carbocycles. The second-order valence-corrected chi connectivity index (χ2v) is 8.32. The van der Waals surface area contributed by atoms with Gasteiger partial charge in [-0.05, 0) is 45.0 Å². The molecule has 3 saturated heterocycles. The highest BCUT2D eigenvalue weighted by atomic mass is 16.5. The first-order valence-electron chi connectivity index (χ1n) is 11.0. The maximum absolute atomic E-state index is 6.20. The maximum Gasteiger partial charge on any atom is 0.123 e. The number of piperidine rings is 1. The van der Waals surface area contributed by atoms with E-state index in [9.17, 15) is 0 Å². The molecular formula is C22H36N4O. The van der Waals surface area contributed by atoms with Gasteiger partial charge in [0.15, 0.2) is 0 Å². The van der Waals surface area contributed by atoms with Crippen LogP contribution in [0.5, 0.6) is 5.75 Å². The number of rotatable bonds is 7. The fourth-order valence-corrected chi connectivity index (χ4v) is 4.72. The molecule has 1 N–H and O–H groups in total. The Bertz CT molecular complexity index is 561. The van der Waals surface area contributed by atoms with Crippen LogP contribution in [0.4, 0.5) is 0 Å². The van der Waals surface area contributed by atoms with Gasteiger partial charge in [-0.15, -0.1) is 0 Å². The number of likely N-dealkylation sites (tertiary alicyclic amines) is 1.